The van der Waals surface area contributed by atoms with Crippen molar-refractivity contribution in [1.29, 1.82) is 0 Å². The van der Waals surface area contributed by atoms with Gasteiger partial charge in [0.25, 0.3) is 0 Å². The maximum absolute atomic E-state index is 5.97. The predicted molar refractivity (Wildman–Crippen MR) is 75.5 cm³/mol. The van der Waals surface area contributed by atoms with E-state index in [1.165, 1.54) is 0 Å². The largest absolute Gasteiger partial charge is 0.490 e. The Bertz CT molecular complexity index is 533. The molecule has 0 fully saturated rings. The molecule has 0 saturated heterocycles. The van der Waals surface area contributed by atoms with E-state index in [9.17, 15) is 0 Å². The molecule has 0 aliphatic heterocycles. The van der Waals surface area contributed by atoms with Crippen molar-refractivity contribution in [3.05, 3.63) is 29.5 Å². The molecule has 1 heterocycles. The van der Waals surface area contributed by atoms with Crippen molar-refractivity contribution in [3.8, 4) is 5.75 Å². The Kier molecular flexibility index (Phi) is 4.82. The molecule has 4 nitrogen and oxygen atoms in total. The van der Waals surface area contributed by atoms with Crippen LogP contribution in [0.3, 0.4) is 0 Å². The van der Waals surface area contributed by atoms with Crippen molar-refractivity contribution >= 4 is 11.0 Å². The van der Waals surface area contributed by atoms with Crippen LogP contribution >= 0.6 is 0 Å². The zero-order valence-corrected chi connectivity index (χ0v) is 11.8. The summed E-state index contributed by atoms with van der Waals surface area (Å²) in [6.07, 6.45) is 0. The van der Waals surface area contributed by atoms with Gasteiger partial charge in [0.1, 0.15) is 5.76 Å². The summed E-state index contributed by atoms with van der Waals surface area (Å²) in [5, 5.41) is 4.36. The Balaban J connectivity index is 2.48. The zero-order valence-electron chi connectivity index (χ0n) is 11.8. The number of rotatable bonds is 7. The van der Waals surface area contributed by atoms with Gasteiger partial charge in [0, 0.05) is 18.1 Å². The third-order valence-electron chi connectivity index (χ3n) is 2.99. The fraction of sp³-hybridized carbons (Fsp3) is 0.467. The molecule has 0 aliphatic rings. The quantitative estimate of drug-likeness (QED) is 0.833. The van der Waals surface area contributed by atoms with Gasteiger partial charge in [-0.05, 0) is 19.5 Å². The Morgan fingerprint density at radius 3 is 2.79 bits per heavy atom. The first-order valence-corrected chi connectivity index (χ1v) is 6.67. The minimum absolute atomic E-state index is 0.545. The van der Waals surface area contributed by atoms with Gasteiger partial charge in [-0.15, -0.1) is 0 Å². The average Bonchev–Trinajstić information content (AvgIpc) is 2.77. The van der Waals surface area contributed by atoms with Crippen molar-refractivity contribution in [2.45, 2.75) is 27.0 Å². The normalized spacial score (nSPS) is 11.1. The summed E-state index contributed by atoms with van der Waals surface area (Å²) in [6, 6.07) is 5.97. The van der Waals surface area contributed by atoms with E-state index in [2.05, 4.69) is 12.2 Å². The highest BCUT2D eigenvalue weighted by molar-refractivity contribution is 5.87. The monoisotopic (exact) mass is 263 g/mol. The summed E-state index contributed by atoms with van der Waals surface area (Å²) in [6.45, 7) is 6.82. The van der Waals surface area contributed by atoms with E-state index in [1.807, 2.05) is 25.1 Å². The van der Waals surface area contributed by atoms with Gasteiger partial charge in [-0.1, -0.05) is 19.1 Å². The molecule has 1 aromatic heterocycles. The van der Waals surface area contributed by atoms with Gasteiger partial charge in [-0.25, -0.2) is 0 Å². The zero-order chi connectivity index (χ0) is 13.7. The average molecular weight is 263 g/mol. The van der Waals surface area contributed by atoms with Crippen molar-refractivity contribution < 1.29 is 13.9 Å². The maximum atomic E-state index is 5.97. The number of fused-ring (bicyclic) bond motifs is 1. The van der Waals surface area contributed by atoms with Crippen molar-refractivity contribution in [2.75, 3.05) is 20.3 Å². The molecule has 0 atom stereocenters. The van der Waals surface area contributed by atoms with E-state index < -0.39 is 0 Å². The SMILES string of the molecule is CCNCc1oc2c(OCC)cccc2c1COC. The third-order valence-corrected chi connectivity index (χ3v) is 2.99. The van der Waals surface area contributed by atoms with E-state index >= 15 is 0 Å². The summed E-state index contributed by atoms with van der Waals surface area (Å²) in [5.41, 5.74) is 1.91. The molecule has 104 valence electrons. The number of para-hydroxylation sites is 1. The molecule has 1 aromatic carbocycles. The van der Waals surface area contributed by atoms with Crippen LogP contribution in [0.5, 0.6) is 5.75 Å². The van der Waals surface area contributed by atoms with Crippen molar-refractivity contribution in [3.63, 3.8) is 0 Å². The standard InChI is InChI=1S/C15H21NO3/c1-4-16-9-14-12(10-17-3)11-7-6-8-13(18-5-2)15(11)19-14/h6-8,16H,4-5,9-10H2,1-3H3. The predicted octanol–water partition coefficient (Wildman–Crippen LogP) is 3.09. The molecule has 0 radical (unpaired) electrons. The lowest BCUT2D eigenvalue weighted by molar-refractivity contribution is 0.183. The topological polar surface area (TPSA) is 43.6 Å². The van der Waals surface area contributed by atoms with Crippen LogP contribution in [-0.2, 0) is 17.9 Å². The smallest absolute Gasteiger partial charge is 0.176 e. The summed E-state index contributed by atoms with van der Waals surface area (Å²) < 4.78 is 16.9. The second-order valence-corrected chi connectivity index (χ2v) is 4.28. The molecular formula is C15H21NO3. The Hall–Kier alpha value is -1.52. The number of methoxy groups -OCH3 is 1. The highest BCUT2D eigenvalue weighted by atomic mass is 16.5. The number of hydrogen-bond donors (Lipinski definition) is 1. The molecule has 19 heavy (non-hydrogen) atoms. The molecule has 0 saturated carbocycles. The van der Waals surface area contributed by atoms with E-state index in [-0.39, 0.29) is 0 Å². The van der Waals surface area contributed by atoms with E-state index in [4.69, 9.17) is 13.9 Å². The van der Waals surface area contributed by atoms with Crippen LogP contribution < -0.4 is 10.1 Å². The number of nitrogens with one attached hydrogen (secondary N) is 1. The molecule has 2 rings (SSSR count). The number of ether oxygens (including phenoxy) is 2. The lowest BCUT2D eigenvalue weighted by Crippen LogP contribution is -2.12. The number of furan rings is 1. The Morgan fingerprint density at radius 1 is 1.26 bits per heavy atom. The molecule has 0 aliphatic carbocycles. The van der Waals surface area contributed by atoms with Crippen LogP contribution in [-0.4, -0.2) is 20.3 Å². The second kappa shape index (κ2) is 6.59. The third kappa shape index (κ3) is 2.91. The first kappa shape index (κ1) is 13.9. The van der Waals surface area contributed by atoms with Crippen LogP contribution in [0, 0.1) is 0 Å². The number of hydrogen-bond acceptors (Lipinski definition) is 4. The minimum atomic E-state index is 0.545. The summed E-state index contributed by atoms with van der Waals surface area (Å²) >= 11 is 0. The fourth-order valence-electron chi connectivity index (χ4n) is 2.15. The van der Waals surface area contributed by atoms with E-state index in [1.54, 1.807) is 7.11 Å². The number of benzene rings is 1. The second-order valence-electron chi connectivity index (χ2n) is 4.28. The van der Waals surface area contributed by atoms with Gasteiger partial charge in [0.05, 0.1) is 19.8 Å². The van der Waals surface area contributed by atoms with Crippen molar-refractivity contribution in [2.24, 2.45) is 0 Å². The van der Waals surface area contributed by atoms with Crippen LogP contribution in [0.1, 0.15) is 25.2 Å². The summed E-state index contributed by atoms with van der Waals surface area (Å²) in [4.78, 5) is 0. The van der Waals surface area contributed by atoms with Gasteiger partial charge < -0.3 is 19.2 Å². The van der Waals surface area contributed by atoms with E-state index in [0.717, 1.165) is 34.6 Å². The summed E-state index contributed by atoms with van der Waals surface area (Å²) in [5.74, 6) is 1.71. The van der Waals surface area contributed by atoms with Gasteiger partial charge in [-0.3, -0.25) is 0 Å². The molecule has 0 unspecified atom stereocenters. The highest BCUT2D eigenvalue weighted by Crippen LogP contribution is 2.33. The Morgan fingerprint density at radius 2 is 2.11 bits per heavy atom. The first-order chi connectivity index (χ1) is 9.31. The van der Waals surface area contributed by atoms with Crippen LogP contribution in [0.15, 0.2) is 22.6 Å². The molecule has 0 bridgehead atoms. The molecule has 1 N–H and O–H groups in total. The maximum Gasteiger partial charge on any atom is 0.176 e. The molecule has 4 heteroatoms. The molecular weight excluding hydrogens is 242 g/mol. The molecule has 0 spiro atoms. The van der Waals surface area contributed by atoms with Crippen molar-refractivity contribution in [1.82, 2.24) is 5.32 Å². The van der Waals surface area contributed by atoms with Gasteiger partial charge in [0.15, 0.2) is 11.3 Å². The highest BCUT2D eigenvalue weighted by Gasteiger charge is 2.16. The van der Waals surface area contributed by atoms with Crippen LogP contribution in [0.25, 0.3) is 11.0 Å². The van der Waals surface area contributed by atoms with Gasteiger partial charge >= 0.3 is 0 Å². The van der Waals surface area contributed by atoms with Crippen LogP contribution in [0.4, 0.5) is 0 Å². The molecule has 0 amide bonds. The fourth-order valence-corrected chi connectivity index (χ4v) is 2.15. The molecule has 2 aromatic rings. The van der Waals surface area contributed by atoms with Gasteiger partial charge in [-0.2, -0.15) is 0 Å². The lowest BCUT2D eigenvalue weighted by atomic mass is 10.1. The summed E-state index contributed by atoms with van der Waals surface area (Å²) in [7, 11) is 1.70. The van der Waals surface area contributed by atoms with Gasteiger partial charge in [0.2, 0.25) is 0 Å². The van der Waals surface area contributed by atoms with E-state index in [0.29, 0.717) is 19.8 Å². The minimum Gasteiger partial charge on any atom is -0.490 e. The lowest BCUT2D eigenvalue weighted by Gasteiger charge is -2.02. The Labute approximate surface area is 113 Å². The first-order valence-electron chi connectivity index (χ1n) is 6.67. The van der Waals surface area contributed by atoms with Crippen LogP contribution in [0.2, 0.25) is 0 Å².